The van der Waals surface area contributed by atoms with Crippen LogP contribution in [0.4, 0.5) is 11.6 Å². The summed E-state index contributed by atoms with van der Waals surface area (Å²) in [6, 6.07) is 20.9. The van der Waals surface area contributed by atoms with Crippen LogP contribution in [0, 0.1) is 0 Å². The first-order valence-corrected chi connectivity index (χ1v) is 9.80. The molecule has 4 heteroatoms. The minimum atomic E-state index is 0.203. The normalized spacial score (nSPS) is 15.2. The van der Waals surface area contributed by atoms with E-state index in [1.54, 1.807) is 0 Å². The van der Waals surface area contributed by atoms with Gasteiger partial charge in [0, 0.05) is 42.0 Å². The average molecular weight is 367 g/mol. The van der Waals surface area contributed by atoms with E-state index >= 15 is 0 Å². The highest BCUT2D eigenvalue weighted by molar-refractivity contribution is 5.99. The second-order valence-electron chi connectivity index (χ2n) is 7.35. The highest BCUT2D eigenvalue weighted by atomic mass is 16.1. The Morgan fingerprint density at radius 3 is 1.75 bits per heavy atom. The number of fused-ring (bicyclic) bond motifs is 2. The summed E-state index contributed by atoms with van der Waals surface area (Å²) < 4.78 is 0. The third-order valence-corrected chi connectivity index (χ3v) is 5.64. The van der Waals surface area contributed by atoms with Crippen molar-refractivity contribution >= 4 is 39.0 Å². The third kappa shape index (κ3) is 2.91. The first kappa shape index (κ1) is 16.9. The van der Waals surface area contributed by atoms with E-state index in [4.69, 9.17) is 9.97 Å². The maximum Gasteiger partial charge on any atom is 0.142 e. The summed E-state index contributed by atoms with van der Waals surface area (Å²) in [7, 11) is 0. The van der Waals surface area contributed by atoms with Crippen molar-refractivity contribution in [3.63, 3.8) is 0 Å². The lowest BCUT2D eigenvalue weighted by atomic mass is 9.92. The number of nitrogens with zero attached hydrogens (tertiary/aromatic N) is 3. The predicted molar refractivity (Wildman–Crippen MR) is 113 cm³/mol. The van der Waals surface area contributed by atoms with Crippen LogP contribution in [-0.2, 0) is 4.79 Å². The largest absolute Gasteiger partial charge is 0.307 e. The van der Waals surface area contributed by atoms with Crippen LogP contribution in [-0.4, -0.2) is 21.8 Å². The molecule has 0 spiro atoms. The zero-order valence-electron chi connectivity index (χ0n) is 15.6. The first-order chi connectivity index (χ1) is 13.8. The minimum absolute atomic E-state index is 0.203. The molecule has 0 atom stereocenters. The van der Waals surface area contributed by atoms with E-state index in [-0.39, 0.29) is 6.04 Å². The Morgan fingerprint density at radius 2 is 1.21 bits per heavy atom. The summed E-state index contributed by atoms with van der Waals surface area (Å²) >= 11 is 0. The Morgan fingerprint density at radius 1 is 0.714 bits per heavy atom. The van der Waals surface area contributed by atoms with E-state index in [0.29, 0.717) is 18.6 Å². The quantitative estimate of drug-likeness (QED) is 0.484. The fourth-order valence-corrected chi connectivity index (χ4v) is 4.22. The Balaban J connectivity index is 1.74. The van der Waals surface area contributed by atoms with Crippen molar-refractivity contribution in [2.75, 3.05) is 4.90 Å². The number of Topliss-reactive ketones (excluding diaryl/α,β-unsaturated/α-hetero) is 1. The average Bonchev–Trinajstić information content (AvgIpc) is 2.75. The number of aromatic nitrogens is 2. The summed E-state index contributed by atoms with van der Waals surface area (Å²) in [6.45, 7) is 0. The molecule has 4 nitrogen and oxygen atoms in total. The Labute approximate surface area is 163 Å². The van der Waals surface area contributed by atoms with E-state index in [9.17, 15) is 4.79 Å². The Kier molecular flexibility index (Phi) is 4.24. The van der Waals surface area contributed by atoms with E-state index in [2.05, 4.69) is 29.2 Å². The van der Waals surface area contributed by atoms with Crippen molar-refractivity contribution in [3.05, 3.63) is 73.1 Å². The van der Waals surface area contributed by atoms with Gasteiger partial charge in [0.05, 0.1) is 0 Å². The second kappa shape index (κ2) is 7.04. The van der Waals surface area contributed by atoms with Gasteiger partial charge in [-0.25, -0.2) is 9.97 Å². The molecular weight excluding hydrogens is 346 g/mol. The van der Waals surface area contributed by atoms with Crippen molar-refractivity contribution < 1.29 is 4.79 Å². The zero-order valence-corrected chi connectivity index (χ0v) is 15.6. The molecule has 0 bridgehead atoms. The number of anilines is 2. The number of hydrogen-bond donors (Lipinski definition) is 0. The smallest absolute Gasteiger partial charge is 0.142 e. The Bertz CT molecular complexity index is 1070. The van der Waals surface area contributed by atoms with Crippen LogP contribution in [0.5, 0.6) is 0 Å². The van der Waals surface area contributed by atoms with E-state index in [1.807, 2.05) is 48.8 Å². The molecule has 2 aromatic carbocycles. The first-order valence-electron chi connectivity index (χ1n) is 9.80. The van der Waals surface area contributed by atoms with Gasteiger partial charge in [-0.15, -0.1) is 0 Å². The standard InChI is InChI=1S/C24H21N3O/c28-20-11-9-19(10-12-20)27(23-21-7-3-1-5-17(21)13-15-25-23)24-22-8-4-2-6-18(22)14-16-26-24/h1-8,13-16,19H,9-12H2. The molecule has 0 unspecified atom stereocenters. The predicted octanol–water partition coefficient (Wildman–Crippen LogP) is 5.43. The SMILES string of the molecule is O=C1CCC(N(c2nccc3ccccc23)c2nccc3ccccc23)CC1. The van der Waals surface area contributed by atoms with Gasteiger partial charge in [0.1, 0.15) is 17.4 Å². The van der Waals surface area contributed by atoms with Crippen LogP contribution in [0.1, 0.15) is 25.7 Å². The summed E-state index contributed by atoms with van der Waals surface area (Å²) in [5.74, 6) is 2.19. The maximum absolute atomic E-state index is 11.9. The molecule has 2 aromatic heterocycles. The number of carbonyl (C=O) groups is 1. The fraction of sp³-hybridized carbons (Fsp3) is 0.208. The van der Waals surface area contributed by atoms with Gasteiger partial charge >= 0.3 is 0 Å². The molecule has 4 aromatic rings. The number of hydrogen-bond acceptors (Lipinski definition) is 4. The molecule has 1 saturated carbocycles. The Hall–Kier alpha value is -3.27. The van der Waals surface area contributed by atoms with Gasteiger partial charge < -0.3 is 4.90 Å². The van der Waals surface area contributed by atoms with Crippen LogP contribution >= 0.6 is 0 Å². The number of rotatable bonds is 3. The molecule has 5 rings (SSSR count). The van der Waals surface area contributed by atoms with Gasteiger partial charge in [-0.05, 0) is 35.7 Å². The second-order valence-corrected chi connectivity index (χ2v) is 7.35. The molecule has 0 amide bonds. The number of pyridine rings is 2. The number of carbonyl (C=O) groups excluding carboxylic acids is 1. The summed E-state index contributed by atoms with van der Waals surface area (Å²) in [5, 5.41) is 4.53. The minimum Gasteiger partial charge on any atom is -0.307 e. The summed E-state index contributed by atoms with van der Waals surface area (Å²) in [4.78, 5) is 23.7. The zero-order chi connectivity index (χ0) is 18.9. The van der Waals surface area contributed by atoms with Crippen LogP contribution in [0.15, 0.2) is 73.1 Å². The van der Waals surface area contributed by atoms with Gasteiger partial charge in [-0.1, -0.05) is 48.5 Å². The molecule has 0 saturated heterocycles. The lowest BCUT2D eigenvalue weighted by Gasteiger charge is -2.35. The van der Waals surface area contributed by atoms with Crippen molar-refractivity contribution in [2.45, 2.75) is 31.7 Å². The molecule has 0 radical (unpaired) electrons. The highest BCUT2D eigenvalue weighted by Gasteiger charge is 2.29. The van der Waals surface area contributed by atoms with Crippen LogP contribution in [0.25, 0.3) is 21.5 Å². The lowest BCUT2D eigenvalue weighted by Crippen LogP contribution is -2.36. The number of ketones is 1. The molecule has 0 N–H and O–H groups in total. The molecule has 1 aliphatic carbocycles. The molecule has 1 fully saturated rings. The molecular formula is C24H21N3O. The van der Waals surface area contributed by atoms with Crippen LogP contribution < -0.4 is 4.90 Å². The van der Waals surface area contributed by atoms with Gasteiger partial charge in [0.25, 0.3) is 0 Å². The monoisotopic (exact) mass is 367 g/mol. The topological polar surface area (TPSA) is 46.1 Å². The molecule has 2 heterocycles. The summed E-state index contributed by atoms with van der Waals surface area (Å²) in [6.07, 6.45) is 6.63. The fourth-order valence-electron chi connectivity index (χ4n) is 4.22. The van der Waals surface area contributed by atoms with Gasteiger partial charge in [0.15, 0.2) is 0 Å². The molecule has 1 aliphatic rings. The van der Waals surface area contributed by atoms with Crippen molar-refractivity contribution in [1.29, 1.82) is 0 Å². The van der Waals surface area contributed by atoms with Gasteiger partial charge in [0.2, 0.25) is 0 Å². The van der Waals surface area contributed by atoms with Crippen LogP contribution in [0.2, 0.25) is 0 Å². The maximum atomic E-state index is 11.9. The highest BCUT2D eigenvalue weighted by Crippen LogP contribution is 2.38. The number of benzene rings is 2. The van der Waals surface area contributed by atoms with Crippen molar-refractivity contribution in [2.24, 2.45) is 0 Å². The van der Waals surface area contributed by atoms with Crippen molar-refractivity contribution in [3.8, 4) is 0 Å². The van der Waals surface area contributed by atoms with E-state index in [0.717, 1.165) is 46.0 Å². The molecule has 0 aliphatic heterocycles. The molecule has 138 valence electrons. The third-order valence-electron chi connectivity index (χ3n) is 5.64. The van der Waals surface area contributed by atoms with E-state index < -0.39 is 0 Å². The van der Waals surface area contributed by atoms with Gasteiger partial charge in [-0.2, -0.15) is 0 Å². The van der Waals surface area contributed by atoms with Gasteiger partial charge in [-0.3, -0.25) is 4.79 Å². The molecule has 28 heavy (non-hydrogen) atoms. The summed E-state index contributed by atoms with van der Waals surface area (Å²) in [5.41, 5.74) is 0. The van der Waals surface area contributed by atoms with Crippen LogP contribution in [0.3, 0.4) is 0 Å². The lowest BCUT2D eigenvalue weighted by molar-refractivity contribution is -0.120. The van der Waals surface area contributed by atoms with E-state index in [1.165, 1.54) is 0 Å². The van der Waals surface area contributed by atoms with Crippen molar-refractivity contribution in [1.82, 2.24) is 9.97 Å².